The Hall–Kier alpha value is -1.95. The summed E-state index contributed by atoms with van der Waals surface area (Å²) in [4.78, 5) is 0. The second-order valence-electron chi connectivity index (χ2n) is 4.06. The largest absolute Gasteiger partial charge is 0.454 e. The third-order valence-electron chi connectivity index (χ3n) is 2.68. The van der Waals surface area contributed by atoms with Gasteiger partial charge in [-0.2, -0.15) is 0 Å². The van der Waals surface area contributed by atoms with Gasteiger partial charge < -0.3 is 25.7 Å². The van der Waals surface area contributed by atoms with Crippen molar-refractivity contribution in [3.8, 4) is 11.5 Å². The zero-order valence-corrected chi connectivity index (χ0v) is 10.1. The van der Waals surface area contributed by atoms with Crippen LogP contribution in [0.15, 0.2) is 23.4 Å². The van der Waals surface area contributed by atoms with Gasteiger partial charge in [-0.1, -0.05) is 11.2 Å². The number of hydrogen-bond donors (Lipinski definition) is 3. The Morgan fingerprint density at radius 3 is 3.06 bits per heavy atom. The molecule has 0 radical (unpaired) electrons. The molecule has 0 spiro atoms. The molecule has 0 unspecified atom stereocenters. The number of oxime groups is 1. The van der Waals surface area contributed by atoms with Gasteiger partial charge in [0.1, 0.15) is 5.84 Å². The van der Waals surface area contributed by atoms with E-state index in [1.54, 1.807) is 0 Å². The number of ether oxygens (including phenoxy) is 2. The van der Waals surface area contributed by atoms with Gasteiger partial charge in [0.25, 0.3) is 0 Å². The summed E-state index contributed by atoms with van der Waals surface area (Å²) in [6.07, 6.45) is 1.42. The zero-order chi connectivity index (χ0) is 12.8. The van der Waals surface area contributed by atoms with Crippen LogP contribution in [0.3, 0.4) is 0 Å². The zero-order valence-electron chi connectivity index (χ0n) is 10.1. The van der Waals surface area contributed by atoms with E-state index in [2.05, 4.69) is 10.5 Å². The van der Waals surface area contributed by atoms with E-state index in [1.165, 1.54) is 0 Å². The number of benzene rings is 1. The quantitative estimate of drug-likeness (QED) is 0.231. The van der Waals surface area contributed by atoms with E-state index in [-0.39, 0.29) is 5.84 Å². The fourth-order valence-corrected chi connectivity index (χ4v) is 1.73. The number of nitrogens with one attached hydrogen (secondary N) is 1. The molecule has 2 rings (SSSR count). The summed E-state index contributed by atoms with van der Waals surface area (Å²) in [6.45, 7) is 1.86. The number of rotatable bonds is 6. The van der Waals surface area contributed by atoms with Crippen LogP contribution >= 0.6 is 0 Å². The highest BCUT2D eigenvalue weighted by Gasteiger charge is 2.12. The molecule has 6 nitrogen and oxygen atoms in total. The van der Waals surface area contributed by atoms with Crippen molar-refractivity contribution in [2.45, 2.75) is 19.4 Å². The summed E-state index contributed by atoms with van der Waals surface area (Å²) >= 11 is 0. The lowest BCUT2D eigenvalue weighted by Gasteiger charge is -2.05. The van der Waals surface area contributed by atoms with Crippen LogP contribution in [0.5, 0.6) is 11.5 Å². The maximum Gasteiger partial charge on any atom is 0.231 e. The summed E-state index contributed by atoms with van der Waals surface area (Å²) in [5, 5.41) is 14.6. The fourth-order valence-electron chi connectivity index (χ4n) is 1.73. The van der Waals surface area contributed by atoms with Crippen molar-refractivity contribution in [1.29, 1.82) is 0 Å². The number of nitrogens with two attached hydrogens (primary N) is 1. The molecule has 0 aromatic heterocycles. The lowest BCUT2D eigenvalue weighted by Crippen LogP contribution is -2.18. The van der Waals surface area contributed by atoms with Gasteiger partial charge in [-0.25, -0.2) is 0 Å². The molecule has 0 saturated carbocycles. The third kappa shape index (κ3) is 3.27. The summed E-state index contributed by atoms with van der Waals surface area (Å²) in [5.74, 6) is 1.86. The standard InChI is InChI=1S/C12H17N3O3/c13-12(15-16)2-1-5-14-7-9-3-4-10-11(6-9)18-8-17-10/h3-4,6,14,16H,1-2,5,7-8H2,(H2,13,15). The normalized spacial score (nSPS) is 13.9. The molecule has 4 N–H and O–H groups in total. The molecule has 6 heteroatoms. The van der Waals surface area contributed by atoms with Crippen molar-refractivity contribution < 1.29 is 14.7 Å². The minimum atomic E-state index is 0.264. The first-order valence-corrected chi connectivity index (χ1v) is 5.85. The highest BCUT2D eigenvalue weighted by molar-refractivity contribution is 5.79. The van der Waals surface area contributed by atoms with Crippen LogP contribution in [0, 0.1) is 0 Å². The van der Waals surface area contributed by atoms with E-state index in [0.717, 1.165) is 36.6 Å². The molecule has 98 valence electrons. The molecule has 0 bridgehead atoms. The Morgan fingerprint density at radius 1 is 1.39 bits per heavy atom. The van der Waals surface area contributed by atoms with Crippen LogP contribution < -0.4 is 20.5 Å². The molecule has 0 amide bonds. The maximum absolute atomic E-state index is 8.38. The average Bonchev–Trinajstić information content (AvgIpc) is 2.85. The lowest BCUT2D eigenvalue weighted by atomic mass is 10.2. The van der Waals surface area contributed by atoms with Crippen LogP contribution in [-0.2, 0) is 6.54 Å². The molecule has 1 aromatic rings. The van der Waals surface area contributed by atoms with Gasteiger partial charge in [0, 0.05) is 13.0 Å². The fraction of sp³-hybridized carbons (Fsp3) is 0.417. The highest BCUT2D eigenvalue weighted by Crippen LogP contribution is 2.32. The van der Waals surface area contributed by atoms with Crippen LogP contribution in [0.4, 0.5) is 0 Å². The Kier molecular flexibility index (Phi) is 4.25. The topological polar surface area (TPSA) is 89.1 Å². The third-order valence-corrected chi connectivity index (χ3v) is 2.68. The monoisotopic (exact) mass is 251 g/mol. The molecule has 1 aromatic carbocycles. The number of hydrogen-bond acceptors (Lipinski definition) is 5. The molecule has 1 aliphatic heterocycles. The van der Waals surface area contributed by atoms with Crippen molar-refractivity contribution in [2.75, 3.05) is 13.3 Å². The number of fused-ring (bicyclic) bond motifs is 1. The van der Waals surface area contributed by atoms with Crippen LogP contribution in [0.2, 0.25) is 0 Å². The van der Waals surface area contributed by atoms with Gasteiger partial charge in [-0.05, 0) is 30.7 Å². The minimum absolute atomic E-state index is 0.264. The molecule has 0 fully saturated rings. The first-order chi connectivity index (χ1) is 8.79. The Balaban J connectivity index is 1.71. The SMILES string of the molecule is NC(CCCNCc1ccc2c(c1)OCO2)=NO. The summed E-state index contributed by atoms with van der Waals surface area (Å²) < 4.78 is 10.5. The van der Waals surface area contributed by atoms with E-state index in [9.17, 15) is 0 Å². The van der Waals surface area contributed by atoms with Crippen molar-refractivity contribution >= 4 is 5.84 Å². The second-order valence-corrected chi connectivity index (χ2v) is 4.06. The molecule has 0 saturated heterocycles. The van der Waals surface area contributed by atoms with E-state index in [0.29, 0.717) is 13.2 Å². The average molecular weight is 251 g/mol. The van der Waals surface area contributed by atoms with Gasteiger partial charge in [-0.3, -0.25) is 0 Å². The van der Waals surface area contributed by atoms with Crippen LogP contribution in [0.25, 0.3) is 0 Å². The van der Waals surface area contributed by atoms with E-state index in [1.807, 2.05) is 18.2 Å². The summed E-state index contributed by atoms with van der Waals surface area (Å²) in [5.41, 5.74) is 6.51. The molecule has 1 heterocycles. The van der Waals surface area contributed by atoms with E-state index in [4.69, 9.17) is 20.4 Å². The van der Waals surface area contributed by atoms with E-state index < -0.39 is 0 Å². The number of nitrogens with zero attached hydrogens (tertiary/aromatic N) is 1. The first-order valence-electron chi connectivity index (χ1n) is 5.85. The van der Waals surface area contributed by atoms with Crippen molar-refractivity contribution in [2.24, 2.45) is 10.9 Å². The minimum Gasteiger partial charge on any atom is -0.454 e. The van der Waals surface area contributed by atoms with E-state index >= 15 is 0 Å². The van der Waals surface area contributed by atoms with Crippen molar-refractivity contribution in [3.63, 3.8) is 0 Å². The molecule has 1 aliphatic rings. The molecule has 0 aliphatic carbocycles. The van der Waals surface area contributed by atoms with Gasteiger partial charge in [0.05, 0.1) is 0 Å². The highest BCUT2D eigenvalue weighted by atomic mass is 16.7. The summed E-state index contributed by atoms with van der Waals surface area (Å²) in [7, 11) is 0. The molecular weight excluding hydrogens is 234 g/mol. The van der Waals surface area contributed by atoms with Gasteiger partial charge >= 0.3 is 0 Å². The van der Waals surface area contributed by atoms with Crippen molar-refractivity contribution in [1.82, 2.24) is 5.32 Å². The number of amidine groups is 1. The smallest absolute Gasteiger partial charge is 0.231 e. The predicted molar refractivity (Wildman–Crippen MR) is 66.9 cm³/mol. The van der Waals surface area contributed by atoms with Crippen LogP contribution in [-0.4, -0.2) is 24.4 Å². The Bertz CT molecular complexity index is 435. The molecule has 0 atom stereocenters. The Labute approximate surface area is 105 Å². The first kappa shape index (κ1) is 12.5. The lowest BCUT2D eigenvalue weighted by molar-refractivity contribution is 0.174. The van der Waals surface area contributed by atoms with Crippen LogP contribution in [0.1, 0.15) is 18.4 Å². The molecular formula is C12H17N3O3. The summed E-state index contributed by atoms with van der Waals surface area (Å²) in [6, 6.07) is 5.89. The van der Waals surface area contributed by atoms with Gasteiger partial charge in [-0.15, -0.1) is 0 Å². The molecule has 18 heavy (non-hydrogen) atoms. The van der Waals surface area contributed by atoms with Crippen molar-refractivity contribution in [3.05, 3.63) is 23.8 Å². The van der Waals surface area contributed by atoms with Gasteiger partial charge in [0.2, 0.25) is 6.79 Å². The second kappa shape index (κ2) is 6.11. The Morgan fingerprint density at radius 2 is 2.22 bits per heavy atom. The predicted octanol–water partition coefficient (Wildman–Crippen LogP) is 1.03. The van der Waals surface area contributed by atoms with Gasteiger partial charge in [0.15, 0.2) is 11.5 Å². The maximum atomic E-state index is 8.38.